The van der Waals surface area contributed by atoms with Crippen LogP contribution in [0, 0.1) is 0 Å². The van der Waals surface area contributed by atoms with Crippen LogP contribution in [0.4, 0.5) is 0 Å². The Labute approximate surface area is 160 Å². The number of unbranched alkanes of at least 4 members (excludes halogenated alkanes) is 18. The molecule has 0 unspecified atom stereocenters. The molecule has 0 aromatic carbocycles. The van der Waals surface area contributed by atoms with Crippen molar-refractivity contribution in [2.24, 2.45) is 0 Å². The topological polar surface area (TPSA) is 0 Å². The summed E-state index contributed by atoms with van der Waals surface area (Å²) in [5.41, 5.74) is 0. The molecule has 0 rings (SSSR count). The fourth-order valence-electron chi connectivity index (χ4n) is 3.19. The fourth-order valence-corrected chi connectivity index (χ4v) is 3.78. The van der Waals surface area contributed by atoms with Gasteiger partial charge in [-0.2, -0.15) is 0 Å². The zero-order chi connectivity index (χ0) is 16.8. The molecule has 0 amide bonds. The van der Waals surface area contributed by atoms with Crippen LogP contribution < -0.4 is 0 Å². The molecule has 0 N–H and O–H groups in total. The van der Waals surface area contributed by atoms with E-state index in [1.54, 1.807) is 0 Å². The first-order chi connectivity index (χ1) is 11.4. The third kappa shape index (κ3) is 22.8. The molecule has 140 valence electrons. The van der Waals surface area contributed by atoms with E-state index in [4.69, 9.17) is 11.6 Å². The Balaban J connectivity index is 2.92. The lowest BCUT2D eigenvalue weighted by Crippen LogP contribution is -1.84. The van der Waals surface area contributed by atoms with E-state index >= 15 is 0 Å². The van der Waals surface area contributed by atoms with Crippen LogP contribution in [0.3, 0.4) is 0 Å². The molecule has 0 spiro atoms. The van der Waals surface area contributed by atoms with Crippen LogP contribution in [-0.4, -0.2) is 11.2 Å². The Morgan fingerprint density at radius 1 is 0.348 bits per heavy atom. The molecule has 0 aliphatic rings. The third-order valence-electron chi connectivity index (χ3n) is 4.77. The van der Waals surface area contributed by atoms with E-state index in [2.05, 4.69) is 15.9 Å². The van der Waals surface area contributed by atoms with E-state index in [1.165, 1.54) is 127 Å². The zero-order valence-corrected chi connectivity index (χ0v) is 17.9. The van der Waals surface area contributed by atoms with Gasteiger partial charge < -0.3 is 0 Å². The molecule has 23 heavy (non-hydrogen) atoms. The van der Waals surface area contributed by atoms with Crippen molar-refractivity contribution >= 4 is 27.5 Å². The number of hydrogen-bond donors (Lipinski definition) is 0. The van der Waals surface area contributed by atoms with Crippen molar-refractivity contribution in [1.29, 1.82) is 0 Å². The lowest BCUT2D eigenvalue weighted by molar-refractivity contribution is 0.525. The maximum Gasteiger partial charge on any atom is 0.0223 e. The maximum absolute atomic E-state index is 5.68. The van der Waals surface area contributed by atoms with E-state index in [-0.39, 0.29) is 0 Å². The average Bonchev–Trinajstić information content (AvgIpc) is 2.57. The van der Waals surface area contributed by atoms with Crippen LogP contribution in [0.25, 0.3) is 0 Å². The second kappa shape index (κ2) is 22.8. The summed E-state index contributed by atoms with van der Waals surface area (Å²) in [5, 5.41) is 1.18. The second-order valence-corrected chi connectivity index (χ2v) is 8.27. The lowest BCUT2D eigenvalue weighted by Gasteiger charge is -2.03. The predicted molar refractivity (Wildman–Crippen MR) is 112 cm³/mol. The third-order valence-corrected chi connectivity index (χ3v) is 5.60. The van der Waals surface area contributed by atoms with Crippen molar-refractivity contribution in [2.45, 2.75) is 122 Å². The van der Waals surface area contributed by atoms with E-state index in [0.29, 0.717) is 0 Å². The standard InChI is InChI=1S/C21H42BrCl/c22-20-18-16-14-12-10-8-6-4-2-1-3-5-7-9-11-13-15-17-19-21-23/h1-21H2. The van der Waals surface area contributed by atoms with Crippen molar-refractivity contribution < 1.29 is 0 Å². The summed E-state index contributed by atoms with van der Waals surface area (Å²) in [6.45, 7) is 0. The van der Waals surface area contributed by atoms with E-state index in [0.717, 1.165) is 5.88 Å². The highest BCUT2D eigenvalue weighted by Gasteiger charge is 1.95. The van der Waals surface area contributed by atoms with E-state index in [9.17, 15) is 0 Å². The highest BCUT2D eigenvalue weighted by atomic mass is 79.9. The van der Waals surface area contributed by atoms with Crippen LogP contribution in [0.2, 0.25) is 0 Å². The largest absolute Gasteiger partial charge is 0.127 e. The first-order valence-corrected chi connectivity index (χ1v) is 12.2. The Morgan fingerprint density at radius 2 is 0.565 bits per heavy atom. The van der Waals surface area contributed by atoms with Gasteiger partial charge in [0.25, 0.3) is 0 Å². The van der Waals surface area contributed by atoms with Gasteiger partial charge in [0.2, 0.25) is 0 Å². The number of halogens is 2. The SMILES string of the molecule is ClCCCCCCCCCCCCCCCCCCCCCBr. The molecule has 0 aliphatic heterocycles. The van der Waals surface area contributed by atoms with Crippen molar-refractivity contribution in [3.8, 4) is 0 Å². The molecule has 0 heterocycles. The van der Waals surface area contributed by atoms with Crippen LogP contribution in [-0.2, 0) is 0 Å². The smallest absolute Gasteiger partial charge is 0.0223 e. The van der Waals surface area contributed by atoms with Crippen LogP contribution >= 0.6 is 27.5 Å². The van der Waals surface area contributed by atoms with E-state index in [1.807, 2.05) is 0 Å². The van der Waals surface area contributed by atoms with Gasteiger partial charge in [0, 0.05) is 11.2 Å². The molecule has 0 radical (unpaired) electrons. The average molecular weight is 410 g/mol. The molecule has 0 aromatic heterocycles. The van der Waals surface area contributed by atoms with E-state index < -0.39 is 0 Å². The highest BCUT2D eigenvalue weighted by molar-refractivity contribution is 9.09. The zero-order valence-electron chi connectivity index (χ0n) is 15.6. The molecular weight excluding hydrogens is 368 g/mol. The van der Waals surface area contributed by atoms with Gasteiger partial charge in [-0.25, -0.2) is 0 Å². The van der Waals surface area contributed by atoms with Gasteiger partial charge in [0.1, 0.15) is 0 Å². The molecule has 0 saturated carbocycles. The molecule has 0 aromatic rings. The van der Waals surface area contributed by atoms with Gasteiger partial charge >= 0.3 is 0 Å². The predicted octanol–water partition coefficient (Wildman–Crippen LogP) is 9.03. The molecule has 0 bridgehead atoms. The molecule has 0 atom stereocenters. The first kappa shape index (κ1) is 23.8. The molecule has 2 heteroatoms. The van der Waals surface area contributed by atoms with Gasteiger partial charge in [-0.15, -0.1) is 11.6 Å². The second-order valence-electron chi connectivity index (χ2n) is 7.10. The Bertz CT molecular complexity index is 176. The maximum atomic E-state index is 5.68. The summed E-state index contributed by atoms with van der Waals surface area (Å²) in [6.07, 6.45) is 27.2. The van der Waals surface area contributed by atoms with Crippen LogP contribution in [0.1, 0.15) is 122 Å². The first-order valence-electron chi connectivity index (χ1n) is 10.5. The lowest BCUT2D eigenvalue weighted by atomic mass is 10.0. The van der Waals surface area contributed by atoms with Gasteiger partial charge in [-0.05, 0) is 12.8 Å². The molecule has 0 nitrogen and oxygen atoms in total. The number of rotatable bonds is 20. The summed E-state index contributed by atoms with van der Waals surface area (Å²) >= 11 is 9.18. The minimum Gasteiger partial charge on any atom is -0.127 e. The summed E-state index contributed by atoms with van der Waals surface area (Å²) in [6, 6.07) is 0. The fraction of sp³-hybridized carbons (Fsp3) is 1.00. The molecule has 0 saturated heterocycles. The molecule has 0 aliphatic carbocycles. The Hall–Kier alpha value is 0.770. The highest BCUT2D eigenvalue weighted by Crippen LogP contribution is 2.14. The molecular formula is C21H42BrCl. The number of hydrogen-bond acceptors (Lipinski definition) is 0. The Kier molecular flexibility index (Phi) is 23.5. The van der Waals surface area contributed by atoms with Gasteiger partial charge in [-0.1, -0.05) is 125 Å². The van der Waals surface area contributed by atoms with Crippen molar-refractivity contribution in [2.75, 3.05) is 11.2 Å². The Morgan fingerprint density at radius 3 is 0.783 bits per heavy atom. The summed E-state index contributed by atoms with van der Waals surface area (Å²) in [7, 11) is 0. The summed E-state index contributed by atoms with van der Waals surface area (Å²) in [5.74, 6) is 0.845. The van der Waals surface area contributed by atoms with Crippen molar-refractivity contribution in [3.63, 3.8) is 0 Å². The van der Waals surface area contributed by atoms with Gasteiger partial charge in [0.05, 0.1) is 0 Å². The normalized spacial score (nSPS) is 11.2. The number of alkyl halides is 2. The van der Waals surface area contributed by atoms with Crippen molar-refractivity contribution in [3.05, 3.63) is 0 Å². The minimum atomic E-state index is 0.845. The minimum absolute atomic E-state index is 0.845. The molecule has 0 fully saturated rings. The monoisotopic (exact) mass is 408 g/mol. The quantitative estimate of drug-likeness (QED) is 0.139. The van der Waals surface area contributed by atoms with Gasteiger partial charge in [-0.3, -0.25) is 0 Å². The summed E-state index contributed by atoms with van der Waals surface area (Å²) in [4.78, 5) is 0. The van der Waals surface area contributed by atoms with Crippen molar-refractivity contribution in [1.82, 2.24) is 0 Å². The van der Waals surface area contributed by atoms with Crippen LogP contribution in [0.15, 0.2) is 0 Å². The summed E-state index contributed by atoms with van der Waals surface area (Å²) < 4.78 is 0. The van der Waals surface area contributed by atoms with Gasteiger partial charge in [0.15, 0.2) is 0 Å². The van der Waals surface area contributed by atoms with Crippen LogP contribution in [0.5, 0.6) is 0 Å².